The van der Waals surface area contributed by atoms with E-state index in [2.05, 4.69) is 10.6 Å². The predicted octanol–water partition coefficient (Wildman–Crippen LogP) is 4.12. The molecule has 2 N–H and O–H groups in total. The van der Waals surface area contributed by atoms with Gasteiger partial charge in [-0.05, 0) is 48.0 Å². The van der Waals surface area contributed by atoms with E-state index in [0.29, 0.717) is 34.1 Å². The number of hydrogen-bond donors (Lipinski definition) is 2. The molecule has 7 nitrogen and oxygen atoms in total. The van der Waals surface area contributed by atoms with Crippen molar-refractivity contribution < 1.29 is 23.8 Å². The van der Waals surface area contributed by atoms with Crippen molar-refractivity contribution >= 4 is 23.6 Å². The Morgan fingerprint density at radius 3 is 2.03 bits per heavy atom. The monoisotopic (exact) mass is 432 g/mol. The molecule has 0 aliphatic heterocycles. The Kier molecular flexibility index (Phi) is 7.48. The Morgan fingerprint density at radius 2 is 1.38 bits per heavy atom. The van der Waals surface area contributed by atoms with E-state index in [-0.39, 0.29) is 5.70 Å². The molecule has 0 fully saturated rings. The third kappa shape index (κ3) is 5.46. The minimum atomic E-state index is -0.506. The average Bonchev–Trinajstić information content (AvgIpc) is 2.84. The first kappa shape index (κ1) is 22.4. The van der Waals surface area contributed by atoms with Gasteiger partial charge in [0.05, 0.1) is 32.6 Å². The summed E-state index contributed by atoms with van der Waals surface area (Å²) in [6.07, 6.45) is 1.58. The van der Waals surface area contributed by atoms with E-state index in [4.69, 9.17) is 14.2 Å². The zero-order valence-electron chi connectivity index (χ0n) is 18.0. The van der Waals surface area contributed by atoms with Gasteiger partial charge >= 0.3 is 0 Å². The summed E-state index contributed by atoms with van der Waals surface area (Å²) in [7, 11) is 4.57. The molecule has 0 spiro atoms. The molecular formula is C25H24N2O5. The van der Waals surface area contributed by atoms with Gasteiger partial charge < -0.3 is 24.8 Å². The topological polar surface area (TPSA) is 85.9 Å². The van der Waals surface area contributed by atoms with Gasteiger partial charge in [0.2, 0.25) is 0 Å². The lowest BCUT2D eigenvalue weighted by Crippen LogP contribution is -2.31. The lowest BCUT2D eigenvalue weighted by Gasteiger charge is -2.14. The molecule has 3 rings (SSSR count). The van der Waals surface area contributed by atoms with Gasteiger partial charge in [-0.2, -0.15) is 0 Å². The van der Waals surface area contributed by atoms with Gasteiger partial charge in [-0.1, -0.05) is 36.4 Å². The minimum Gasteiger partial charge on any atom is -0.497 e. The van der Waals surface area contributed by atoms with Gasteiger partial charge in [0.1, 0.15) is 22.9 Å². The summed E-state index contributed by atoms with van der Waals surface area (Å²) in [4.78, 5) is 26.1. The van der Waals surface area contributed by atoms with Crippen LogP contribution in [0.3, 0.4) is 0 Å². The molecule has 3 aromatic carbocycles. The van der Waals surface area contributed by atoms with Crippen molar-refractivity contribution in [3.8, 4) is 17.2 Å². The molecule has 0 atom stereocenters. The van der Waals surface area contributed by atoms with Crippen LogP contribution in [-0.4, -0.2) is 33.1 Å². The maximum Gasteiger partial charge on any atom is 0.272 e. The van der Waals surface area contributed by atoms with Crippen LogP contribution in [0.1, 0.15) is 15.9 Å². The molecule has 3 aromatic rings. The van der Waals surface area contributed by atoms with Crippen LogP contribution in [0.2, 0.25) is 0 Å². The van der Waals surface area contributed by atoms with Gasteiger partial charge in [0, 0.05) is 0 Å². The molecule has 0 bridgehead atoms. The van der Waals surface area contributed by atoms with E-state index in [1.807, 2.05) is 0 Å². The summed E-state index contributed by atoms with van der Waals surface area (Å²) in [5.74, 6) is 0.603. The molecule has 0 radical (unpaired) electrons. The third-order valence-electron chi connectivity index (χ3n) is 4.63. The number of rotatable bonds is 8. The second-order valence-corrected chi connectivity index (χ2v) is 6.64. The maximum atomic E-state index is 13.1. The quantitative estimate of drug-likeness (QED) is 0.523. The number of benzene rings is 3. The van der Waals surface area contributed by atoms with E-state index >= 15 is 0 Å². The van der Waals surface area contributed by atoms with Crippen molar-refractivity contribution in [3.63, 3.8) is 0 Å². The predicted molar refractivity (Wildman–Crippen MR) is 123 cm³/mol. The van der Waals surface area contributed by atoms with Crippen molar-refractivity contribution in [2.75, 3.05) is 26.6 Å². The van der Waals surface area contributed by atoms with E-state index in [1.165, 1.54) is 14.2 Å². The van der Waals surface area contributed by atoms with E-state index in [1.54, 1.807) is 86.0 Å². The molecule has 7 heteroatoms. The summed E-state index contributed by atoms with van der Waals surface area (Å²) < 4.78 is 15.7. The number of amides is 2. The number of methoxy groups -OCH3 is 3. The second kappa shape index (κ2) is 10.7. The summed E-state index contributed by atoms with van der Waals surface area (Å²) in [6, 6.07) is 20.9. The Hall–Kier alpha value is -4.26. The van der Waals surface area contributed by atoms with Crippen LogP contribution in [0.15, 0.2) is 78.5 Å². The van der Waals surface area contributed by atoms with Gasteiger partial charge in [-0.3, -0.25) is 9.59 Å². The van der Waals surface area contributed by atoms with Crippen LogP contribution in [0.5, 0.6) is 17.2 Å². The Bertz CT molecular complexity index is 1120. The zero-order valence-corrected chi connectivity index (χ0v) is 18.0. The molecule has 0 heterocycles. The number of para-hydroxylation sites is 3. The third-order valence-corrected chi connectivity index (χ3v) is 4.63. The highest BCUT2D eigenvalue weighted by atomic mass is 16.5. The van der Waals surface area contributed by atoms with Crippen molar-refractivity contribution in [1.82, 2.24) is 5.32 Å². The minimum absolute atomic E-state index is 0.0528. The summed E-state index contributed by atoms with van der Waals surface area (Å²) in [5, 5.41) is 5.49. The van der Waals surface area contributed by atoms with E-state index in [9.17, 15) is 9.59 Å². The number of hydrogen-bond acceptors (Lipinski definition) is 5. The van der Waals surface area contributed by atoms with Gasteiger partial charge in [-0.15, -0.1) is 0 Å². The van der Waals surface area contributed by atoms with Crippen LogP contribution in [0, 0.1) is 0 Å². The first-order valence-electron chi connectivity index (χ1n) is 9.80. The standard InChI is InChI=1S/C25H24N2O5/c1-30-18-14-12-17(13-15-18)16-21(25(29)26-20-9-5-7-11-23(20)32-3)27-24(28)19-8-4-6-10-22(19)31-2/h4-16H,1-3H3,(H,26,29)(H,27,28). The van der Waals surface area contributed by atoms with Crippen molar-refractivity contribution in [1.29, 1.82) is 0 Å². The molecule has 0 aliphatic carbocycles. The maximum absolute atomic E-state index is 13.1. The highest BCUT2D eigenvalue weighted by molar-refractivity contribution is 6.11. The van der Waals surface area contributed by atoms with Gasteiger partial charge in [0.15, 0.2) is 0 Å². The van der Waals surface area contributed by atoms with Crippen molar-refractivity contribution in [3.05, 3.63) is 89.6 Å². The molecule has 0 saturated carbocycles. The lowest BCUT2D eigenvalue weighted by molar-refractivity contribution is -0.113. The van der Waals surface area contributed by atoms with Crippen LogP contribution >= 0.6 is 0 Å². The molecule has 2 amide bonds. The first-order chi connectivity index (χ1) is 15.5. The van der Waals surface area contributed by atoms with Gasteiger partial charge in [-0.25, -0.2) is 0 Å². The summed E-state index contributed by atoms with van der Waals surface area (Å²) >= 11 is 0. The van der Waals surface area contributed by atoms with E-state index < -0.39 is 11.8 Å². The molecule has 0 aliphatic rings. The zero-order chi connectivity index (χ0) is 22.9. The molecule has 164 valence electrons. The largest absolute Gasteiger partial charge is 0.497 e. The molecular weight excluding hydrogens is 408 g/mol. The Morgan fingerprint density at radius 1 is 0.750 bits per heavy atom. The number of anilines is 1. The van der Waals surface area contributed by atoms with E-state index in [0.717, 1.165) is 0 Å². The number of nitrogens with one attached hydrogen (secondary N) is 2. The first-order valence-corrected chi connectivity index (χ1v) is 9.80. The SMILES string of the molecule is COc1ccc(C=C(NC(=O)c2ccccc2OC)C(=O)Nc2ccccc2OC)cc1. The average molecular weight is 432 g/mol. The number of ether oxygens (including phenoxy) is 3. The van der Waals surface area contributed by atoms with Crippen molar-refractivity contribution in [2.45, 2.75) is 0 Å². The summed E-state index contributed by atoms with van der Waals surface area (Å²) in [5.41, 5.74) is 1.54. The number of carbonyl (C=O) groups is 2. The Labute approximate surface area is 186 Å². The summed E-state index contributed by atoms with van der Waals surface area (Å²) in [6.45, 7) is 0. The van der Waals surface area contributed by atoms with Crippen LogP contribution < -0.4 is 24.8 Å². The normalized spacial score (nSPS) is 10.8. The fourth-order valence-electron chi connectivity index (χ4n) is 2.98. The van der Waals surface area contributed by atoms with Crippen LogP contribution in [0.25, 0.3) is 6.08 Å². The Balaban J connectivity index is 1.93. The fraction of sp³-hybridized carbons (Fsp3) is 0.120. The molecule has 0 aromatic heterocycles. The van der Waals surface area contributed by atoms with Crippen LogP contribution in [-0.2, 0) is 4.79 Å². The fourth-order valence-corrected chi connectivity index (χ4v) is 2.98. The van der Waals surface area contributed by atoms with Gasteiger partial charge in [0.25, 0.3) is 11.8 Å². The smallest absolute Gasteiger partial charge is 0.272 e. The molecule has 0 saturated heterocycles. The second-order valence-electron chi connectivity index (χ2n) is 6.64. The number of carbonyl (C=O) groups excluding carboxylic acids is 2. The lowest BCUT2D eigenvalue weighted by atomic mass is 10.1. The molecule has 0 unspecified atom stereocenters. The molecule has 32 heavy (non-hydrogen) atoms. The van der Waals surface area contributed by atoms with Crippen LogP contribution in [0.4, 0.5) is 5.69 Å². The highest BCUT2D eigenvalue weighted by Gasteiger charge is 2.18. The van der Waals surface area contributed by atoms with Crippen molar-refractivity contribution in [2.24, 2.45) is 0 Å². The highest BCUT2D eigenvalue weighted by Crippen LogP contribution is 2.24.